The molecule has 0 aromatic carbocycles. The molecule has 1 aromatic heterocycles. The maximum Gasteiger partial charge on any atom is 0.139 e. The van der Waals surface area contributed by atoms with Crippen molar-refractivity contribution >= 4 is 0 Å². The Morgan fingerprint density at radius 2 is 2.27 bits per heavy atom. The predicted molar refractivity (Wildman–Crippen MR) is 43.1 cm³/mol. The molecule has 0 spiro atoms. The molecule has 0 amide bonds. The summed E-state index contributed by atoms with van der Waals surface area (Å²) in [6.07, 6.45) is 1.72. The molecule has 0 aliphatic heterocycles. The van der Waals surface area contributed by atoms with Gasteiger partial charge in [-0.3, -0.25) is 4.98 Å². The summed E-state index contributed by atoms with van der Waals surface area (Å²) in [6, 6.07) is 3.65. The number of aryl methyl sites for hydroxylation is 1. The van der Waals surface area contributed by atoms with E-state index in [0.717, 1.165) is 12.0 Å². The van der Waals surface area contributed by atoms with Gasteiger partial charge in [0.2, 0.25) is 0 Å². The summed E-state index contributed by atoms with van der Waals surface area (Å²) in [7, 11) is 0. The molecule has 0 aliphatic carbocycles. The van der Waals surface area contributed by atoms with E-state index in [1.165, 1.54) is 6.92 Å². The van der Waals surface area contributed by atoms with Gasteiger partial charge in [-0.15, -0.1) is 0 Å². The molecule has 1 aromatic rings. The highest BCUT2D eigenvalue weighted by atomic mass is 19.1. The van der Waals surface area contributed by atoms with Gasteiger partial charge in [0.15, 0.2) is 0 Å². The maximum atomic E-state index is 12.6. The molecular weight excluding hydrogens is 141 g/mol. The fourth-order valence-electron chi connectivity index (χ4n) is 0.880. The zero-order valence-electron chi connectivity index (χ0n) is 6.84. The van der Waals surface area contributed by atoms with E-state index in [2.05, 4.69) is 11.9 Å². The van der Waals surface area contributed by atoms with Crippen LogP contribution in [0.4, 0.5) is 4.39 Å². The quantitative estimate of drug-likeness (QED) is 0.636. The normalized spacial score (nSPS) is 13.0. The smallest absolute Gasteiger partial charge is 0.139 e. The standard InChI is InChI=1S/C9H12FN/c1-3-8-4-5-9(7(2)10)11-6-8/h4-7H,3H2,1-2H3. The highest BCUT2D eigenvalue weighted by Gasteiger charge is 2.02. The van der Waals surface area contributed by atoms with E-state index in [4.69, 9.17) is 0 Å². The van der Waals surface area contributed by atoms with Crippen molar-refractivity contribution in [1.29, 1.82) is 0 Å². The maximum absolute atomic E-state index is 12.6. The van der Waals surface area contributed by atoms with Crippen LogP contribution in [0.3, 0.4) is 0 Å². The number of hydrogen-bond donors (Lipinski definition) is 0. The lowest BCUT2D eigenvalue weighted by Crippen LogP contribution is -1.91. The average Bonchev–Trinajstić information content (AvgIpc) is 2.05. The number of nitrogens with zero attached hydrogens (tertiary/aromatic N) is 1. The average molecular weight is 153 g/mol. The molecule has 1 nitrogen and oxygen atoms in total. The molecule has 1 unspecified atom stereocenters. The van der Waals surface area contributed by atoms with Crippen molar-refractivity contribution < 1.29 is 4.39 Å². The van der Waals surface area contributed by atoms with Crippen molar-refractivity contribution in [2.45, 2.75) is 26.4 Å². The number of alkyl halides is 1. The highest BCUT2D eigenvalue weighted by Crippen LogP contribution is 2.13. The molecule has 1 heterocycles. The Bertz CT molecular complexity index is 216. The van der Waals surface area contributed by atoms with E-state index >= 15 is 0 Å². The molecule has 1 rings (SSSR count). The molecule has 0 bridgehead atoms. The molecule has 0 fully saturated rings. The van der Waals surface area contributed by atoms with Crippen LogP contribution in [0.1, 0.15) is 31.3 Å². The fraction of sp³-hybridized carbons (Fsp3) is 0.444. The van der Waals surface area contributed by atoms with Crippen LogP contribution >= 0.6 is 0 Å². The second-order valence-corrected chi connectivity index (χ2v) is 2.56. The van der Waals surface area contributed by atoms with E-state index in [0.29, 0.717) is 5.69 Å². The SMILES string of the molecule is CCc1ccc(C(C)F)nc1. The largest absolute Gasteiger partial charge is 0.258 e. The summed E-state index contributed by atoms with van der Waals surface area (Å²) >= 11 is 0. The van der Waals surface area contributed by atoms with E-state index in [1.54, 1.807) is 12.3 Å². The van der Waals surface area contributed by atoms with E-state index in [9.17, 15) is 4.39 Å². The Balaban J connectivity index is 2.83. The highest BCUT2D eigenvalue weighted by molar-refractivity contribution is 5.14. The molecule has 11 heavy (non-hydrogen) atoms. The van der Waals surface area contributed by atoms with Gasteiger partial charge in [0.25, 0.3) is 0 Å². The molecule has 0 radical (unpaired) electrons. The third-order valence-corrected chi connectivity index (χ3v) is 1.66. The molecule has 0 saturated carbocycles. The first-order valence-corrected chi connectivity index (χ1v) is 3.83. The Morgan fingerprint density at radius 1 is 1.55 bits per heavy atom. The van der Waals surface area contributed by atoms with E-state index in [1.807, 2.05) is 6.07 Å². The van der Waals surface area contributed by atoms with Gasteiger partial charge >= 0.3 is 0 Å². The zero-order valence-corrected chi connectivity index (χ0v) is 6.84. The Morgan fingerprint density at radius 3 is 2.64 bits per heavy atom. The number of hydrogen-bond acceptors (Lipinski definition) is 1. The summed E-state index contributed by atoms with van der Waals surface area (Å²) in [4.78, 5) is 3.97. The lowest BCUT2D eigenvalue weighted by atomic mass is 10.2. The minimum absolute atomic E-state index is 0.516. The van der Waals surface area contributed by atoms with Crippen molar-refractivity contribution in [2.75, 3.05) is 0 Å². The molecule has 0 aliphatic rings. The van der Waals surface area contributed by atoms with Crippen LogP contribution in [-0.4, -0.2) is 4.98 Å². The van der Waals surface area contributed by atoms with Crippen LogP contribution < -0.4 is 0 Å². The number of pyridine rings is 1. The summed E-state index contributed by atoms with van der Waals surface area (Å²) in [6.45, 7) is 3.55. The van der Waals surface area contributed by atoms with Gasteiger partial charge in [0.1, 0.15) is 6.17 Å². The molecule has 1 atom stereocenters. The van der Waals surface area contributed by atoms with Crippen LogP contribution in [0.5, 0.6) is 0 Å². The first kappa shape index (κ1) is 8.18. The van der Waals surface area contributed by atoms with Crippen molar-refractivity contribution in [1.82, 2.24) is 4.98 Å². The van der Waals surface area contributed by atoms with Gasteiger partial charge in [0, 0.05) is 6.20 Å². The van der Waals surface area contributed by atoms with Gasteiger partial charge in [-0.25, -0.2) is 4.39 Å². The number of rotatable bonds is 2. The van der Waals surface area contributed by atoms with Crippen LogP contribution in [0.25, 0.3) is 0 Å². The second kappa shape index (κ2) is 3.46. The predicted octanol–water partition coefficient (Wildman–Crippen LogP) is 2.67. The molecule has 2 heteroatoms. The van der Waals surface area contributed by atoms with Gasteiger partial charge in [-0.2, -0.15) is 0 Å². The summed E-state index contributed by atoms with van der Waals surface area (Å²) in [5.41, 5.74) is 1.66. The molecule has 0 N–H and O–H groups in total. The Kier molecular flexibility index (Phi) is 2.58. The Hall–Kier alpha value is -0.920. The third kappa shape index (κ3) is 2.00. The monoisotopic (exact) mass is 153 g/mol. The van der Waals surface area contributed by atoms with Crippen LogP contribution in [0.2, 0.25) is 0 Å². The minimum atomic E-state index is -0.957. The second-order valence-electron chi connectivity index (χ2n) is 2.56. The van der Waals surface area contributed by atoms with Gasteiger partial charge in [-0.1, -0.05) is 13.0 Å². The topological polar surface area (TPSA) is 12.9 Å². The van der Waals surface area contributed by atoms with Crippen LogP contribution in [0.15, 0.2) is 18.3 Å². The fourth-order valence-corrected chi connectivity index (χ4v) is 0.880. The number of aromatic nitrogens is 1. The van der Waals surface area contributed by atoms with Gasteiger partial charge < -0.3 is 0 Å². The van der Waals surface area contributed by atoms with E-state index in [-0.39, 0.29) is 0 Å². The lowest BCUT2D eigenvalue weighted by Gasteiger charge is -2.01. The van der Waals surface area contributed by atoms with Gasteiger partial charge in [0.05, 0.1) is 5.69 Å². The zero-order chi connectivity index (χ0) is 8.27. The van der Waals surface area contributed by atoms with Crippen molar-refractivity contribution in [3.8, 4) is 0 Å². The summed E-state index contributed by atoms with van der Waals surface area (Å²) < 4.78 is 12.6. The molecular formula is C9H12FN. The van der Waals surface area contributed by atoms with Crippen molar-refractivity contribution in [3.63, 3.8) is 0 Å². The molecule has 0 saturated heterocycles. The summed E-state index contributed by atoms with van der Waals surface area (Å²) in [5.74, 6) is 0. The summed E-state index contributed by atoms with van der Waals surface area (Å²) in [5, 5.41) is 0. The minimum Gasteiger partial charge on any atom is -0.258 e. The first-order chi connectivity index (χ1) is 5.24. The third-order valence-electron chi connectivity index (χ3n) is 1.66. The van der Waals surface area contributed by atoms with E-state index < -0.39 is 6.17 Å². The van der Waals surface area contributed by atoms with Crippen molar-refractivity contribution in [3.05, 3.63) is 29.6 Å². The molecule has 60 valence electrons. The first-order valence-electron chi connectivity index (χ1n) is 3.83. The van der Waals surface area contributed by atoms with Gasteiger partial charge in [-0.05, 0) is 25.0 Å². The Labute approximate surface area is 66.3 Å². The van der Waals surface area contributed by atoms with Crippen LogP contribution in [-0.2, 0) is 6.42 Å². The number of halogens is 1. The van der Waals surface area contributed by atoms with Crippen LogP contribution in [0, 0.1) is 0 Å². The van der Waals surface area contributed by atoms with Crippen molar-refractivity contribution in [2.24, 2.45) is 0 Å². The lowest BCUT2D eigenvalue weighted by molar-refractivity contribution is 0.365.